The van der Waals surface area contributed by atoms with E-state index in [1.165, 1.54) is 9.75 Å². The number of ether oxygens (including phenoxy) is 1. The summed E-state index contributed by atoms with van der Waals surface area (Å²) in [7, 11) is 0. The van der Waals surface area contributed by atoms with E-state index >= 15 is 0 Å². The van der Waals surface area contributed by atoms with E-state index in [0.29, 0.717) is 6.61 Å². The maximum atomic E-state index is 5.80. The predicted octanol–water partition coefficient (Wildman–Crippen LogP) is 4.54. The third kappa shape index (κ3) is 3.00. The van der Waals surface area contributed by atoms with Gasteiger partial charge in [-0.25, -0.2) is 0 Å². The molecule has 0 amide bonds. The van der Waals surface area contributed by atoms with Crippen LogP contribution in [-0.4, -0.2) is 0 Å². The van der Waals surface area contributed by atoms with Crippen molar-refractivity contribution in [3.63, 3.8) is 0 Å². The number of hydrogen-bond acceptors (Lipinski definition) is 2. The second-order valence-electron chi connectivity index (χ2n) is 3.46. The van der Waals surface area contributed by atoms with Crippen LogP contribution in [0.5, 0.6) is 5.75 Å². The molecule has 1 aromatic heterocycles. The molecule has 0 unspecified atom stereocenters. The van der Waals surface area contributed by atoms with E-state index in [9.17, 15) is 0 Å². The predicted molar refractivity (Wildman–Crippen MR) is 69.5 cm³/mol. The summed E-state index contributed by atoms with van der Waals surface area (Å²) in [4.78, 5) is 2.65. The highest BCUT2D eigenvalue weighted by Gasteiger charge is 2.00. The smallest absolute Gasteiger partial charge is 0.122 e. The lowest BCUT2D eigenvalue weighted by Gasteiger charge is -2.03. The first kappa shape index (κ1) is 11.5. The van der Waals surface area contributed by atoms with Crippen LogP contribution in [0, 0.1) is 0 Å². The van der Waals surface area contributed by atoms with Gasteiger partial charge in [0.1, 0.15) is 12.4 Å². The molecule has 0 bridgehead atoms. The van der Waals surface area contributed by atoms with Crippen LogP contribution in [-0.2, 0) is 13.0 Å². The molecule has 3 heteroatoms. The van der Waals surface area contributed by atoms with Gasteiger partial charge >= 0.3 is 0 Å². The van der Waals surface area contributed by atoms with E-state index in [1.54, 1.807) is 11.3 Å². The molecule has 0 radical (unpaired) electrons. The Morgan fingerprint density at radius 1 is 1.06 bits per heavy atom. The van der Waals surface area contributed by atoms with Crippen molar-refractivity contribution in [1.29, 1.82) is 0 Å². The third-order valence-electron chi connectivity index (χ3n) is 2.26. The second-order valence-corrected chi connectivity index (χ2v) is 5.15. The summed E-state index contributed by atoms with van der Waals surface area (Å²) in [5.74, 6) is 0.857. The Morgan fingerprint density at radius 3 is 2.38 bits per heavy atom. The first-order chi connectivity index (χ1) is 7.78. The minimum absolute atomic E-state index is 0.631. The highest BCUT2D eigenvalue weighted by molar-refractivity contribution is 7.11. The topological polar surface area (TPSA) is 9.23 Å². The molecule has 0 N–H and O–H groups in total. The zero-order chi connectivity index (χ0) is 11.4. The van der Waals surface area contributed by atoms with Crippen LogP contribution in [0.1, 0.15) is 16.7 Å². The Labute approximate surface area is 105 Å². The summed E-state index contributed by atoms with van der Waals surface area (Å²) in [5, 5.41) is 0.733. The van der Waals surface area contributed by atoms with Crippen molar-refractivity contribution >= 4 is 22.9 Å². The van der Waals surface area contributed by atoms with Crippen LogP contribution in [0.3, 0.4) is 0 Å². The van der Waals surface area contributed by atoms with Crippen molar-refractivity contribution in [3.8, 4) is 5.75 Å². The van der Waals surface area contributed by atoms with Crippen LogP contribution < -0.4 is 4.74 Å². The van der Waals surface area contributed by atoms with E-state index in [-0.39, 0.29) is 0 Å². The average molecular weight is 253 g/mol. The number of aryl methyl sites for hydroxylation is 1. The molecule has 0 saturated heterocycles. The van der Waals surface area contributed by atoms with Gasteiger partial charge in [-0.05, 0) is 42.8 Å². The molecule has 2 aromatic rings. The summed E-state index contributed by atoms with van der Waals surface area (Å²) in [5.41, 5.74) is 0. The van der Waals surface area contributed by atoms with Gasteiger partial charge in [0, 0.05) is 14.8 Å². The highest BCUT2D eigenvalue weighted by atomic mass is 35.5. The molecule has 0 spiro atoms. The van der Waals surface area contributed by atoms with Crippen LogP contribution in [0.25, 0.3) is 0 Å². The van der Waals surface area contributed by atoms with Gasteiger partial charge in [-0.15, -0.1) is 11.3 Å². The Hall–Kier alpha value is -0.990. The number of thiophene rings is 1. The van der Waals surface area contributed by atoms with Crippen molar-refractivity contribution in [2.45, 2.75) is 20.0 Å². The van der Waals surface area contributed by atoms with Gasteiger partial charge < -0.3 is 4.74 Å². The number of halogens is 1. The molecule has 0 aliphatic heterocycles. The van der Waals surface area contributed by atoms with Gasteiger partial charge in [0.05, 0.1) is 0 Å². The fourth-order valence-electron chi connectivity index (χ4n) is 1.38. The van der Waals surface area contributed by atoms with E-state index in [1.807, 2.05) is 24.3 Å². The van der Waals surface area contributed by atoms with Crippen LogP contribution in [0.2, 0.25) is 5.02 Å². The highest BCUT2D eigenvalue weighted by Crippen LogP contribution is 2.20. The van der Waals surface area contributed by atoms with E-state index in [0.717, 1.165) is 17.2 Å². The lowest BCUT2D eigenvalue weighted by atomic mass is 10.3. The van der Waals surface area contributed by atoms with Gasteiger partial charge in [0.15, 0.2) is 0 Å². The number of benzene rings is 1. The molecule has 0 aliphatic rings. The molecular formula is C13H13ClOS. The molecule has 16 heavy (non-hydrogen) atoms. The van der Waals surface area contributed by atoms with Gasteiger partial charge in [-0.1, -0.05) is 18.5 Å². The zero-order valence-electron chi connectivity index (χ0n) is 9.07. The summed E-state index contributed by atoms with van der Waals surface area (Å²) >= 11 is 7.60. The van der Waals surface area contributed by atoms with Gasteiger partial charge in [0.2, 0.25) is 0 Å². The fourth-order valence-corrected chi connectivity index (χ4v) is 2.37. The fraction of sp³-hybridized carbons (Fsp3) is 0.231. The van der Waals surface area contributed by atoms with Crippen molar-refractivity contribution in [2.24, 2.45) is 0 Å². The Morgan fingerprint density at radius 2 is 1.75 bits per heavy atom. The quantitative estimate of drug-likeness (QED) is 0.776. The van der Waals surface area contributed by atoms with E-state index in [2.05, 4.69) is 19.1 Å². The SMILES string of the molecule is CCc1ccc(COc2ccc(Cl)cc2)s1. The maximum absolute atomic E-state index is 5.80. The Kier molecular flexibility index (Phi) is 3.86. The molecule has 1 heterocycles. The molecular weight excluding hydrogens is 240 g/mol. The standard InChI is InChI=1S/C13H13ClOS/c1-2-12-7-8-13(16-12)9-15-11-5-3-10(14)4-6-11/h3-8H,2,9H2,1H3. The molecule has 84 valence electrons. The largest absolute Gasteiger partial charge is 0.488 e. The molecule has 1 nitrogen and oxygen atoms in total. The van der Waals surface area contributed by atoms with Crippen LogP contribution in [0.15, 0.2) is 36.4 Å². The van der Waals surface area contributed by atoms with Crippen molar-refractivity contribution < 1.29 is 4.74 Å². The third-order valence-corrected chi connectivity index (χ3v) is 3.72. The Bertz CT molecular complexity index is 447. The minimum atomic E-state index is 0.631. The summed E-state index contributed by atoms with van der Waals surface area (Å²) < 4.78 is 5.66. The lowest BCUT2D eigenvalue weighted by Crippen LogP contribution is -1.91. The molecule has 2 rings (SSSR count). The molecule has 0 aliphatic carbocycles. The lowest BCUT2D eigenvalue weighted by molar-refractivity contribution is 0.310. The second kappa shape index (κ2) is 5.37. The van der Waals surface area contributed by atoms with Crippen LogP contribution in [0.4, 0.5) is 0 Å². The van der Waals surface area contributed by atoms with Gasteiger partial charge in [-0.2, -0.15) is 0 Å². The average Bonchev–Trinajstić information content (AvgIpc) is 2.76. The number of rotatable bonds is 4. The van der Waals surface area contributed by atoms with E-state index in [4.69, 9.17) is 16.3 Å². The molecule has 0 atom stereocenters. The number of hydrogen-bond donors (Lipinski definition) is 0. The van der Waals surface area contributed by atoms with Crippen LogP contribution >= 0.6 is 22.9 Å². The summed E-state index contributed by atoms with van der Waals surface area (Å²) in [6, 6.07) is 11.7. The van der Waals surface area contributed by atoms with Gasteiger partial charge in [0.25, 0.3) is 0 Å². The monoisotopic (exact) mass is 252 g/mol. The Balaban J connectivity index is 1.94. The van der Waals surface area contributed by atoms with Crippen molar-refractivity contribution in [1.82, 2.24) is 0 Å². The molecule has 0 saturated carbocycles. The maximum Gasteiger partial charge on any atom is 0.122 e. The zero-order valence-corrected chi connectivity index (χ0v) is 10.6. The first-order valence-electron chi connectivity index (χ1n) is 5.24. The first-order valence-corrected chi connectivity index (χ1v) is 6.43. The normalized spacial score (nSPS) is 10.4. The summed E-state index contributed by atoms with van der Waals surface area (Å²) in [6.45, 7) is 2.79. The van der Waals surface area contributed by atoms with Gasteiger partial charge in [-0.3, -0.25) is 0 Å². The van der Waals surface area contributed by atoms with E-state index < -0.39 is 0 Å². The summed E-state index contributed by atoms with van der Waals surface area (Å²) in [6.07, 6.45) is 1.09. The van der Waals surface area contributed by atoms with Crippen molar-refractivity contribution in [2.75, 3.05) is 0 Å². The molecule has 0 fully saturated rings. The minimum Gasteiger partial charge on any atom is -0.488 e. The molecule has 1 aromatic carbocycles. The van der Waals surface area contributed by atoms with Crippen molar-refractivity contribution in [3.05, 3.63) is 51.2 Å².